The minimum Gasteiger partial charge on any atom is -0.260 e. The Balaban J connectivity index is 1.94. The van der Waals surface area contributed by atoms with Gasteiger partial charge in [0.25, 0.3) is 10.2 Å². The van der Waals surface area contributed by atoms with Gasteiger partial charge in [-0.25, -0.2) is 0 Å². The topological polar surface area (TPSA) is 62.3 Å². The van der Waals surface area contributed by atoms with E-state index in [1.54, 1.807) is 10.5 Å². The Hall–Kier alpha value is -0.980. The molecule has 0 saturated carbocycles. The summed E-state index contributed by atoms with van der Waals surface area (Å²) in [6, 6.07) is 5.47. The predicted molar refractivity (Wildman–Crippen MR) is 70.0 cm³/mol. The SMILES string of the molecule is O=S(=O)(NCc1ccccn1)N1CCCCCC1. The van der Waals surface area contributed by atoms with E-state index in [2.05, 4.69) is 9.71 Å². The van der Waals surface area contributed by atoms with E-state index in [1.807, 2.05) is 18.2 Å². The molecule has 1 aromatic rings. The highest BCUT2D eigenvalue weighted by atomic mass is 32.2. The lowest BCUT2D eigenvalue weighted by atomic mass is 10.2. The van der Waals surface area contributed by atoms with Gasteiger partial charge in [0.2, 0.25) is 0 Å². The van der Waals surface area contributed by atoms with Gasteiger partial charge in [-0.1, -0.05) is 18.9 Å². The molecule has 2 heterocycles. The lowest BCUT2D eigenvalue weighted by molar-refractivity contribution is 0.414. The first-order valence-electron chi connectivity index (χ1n) is 6.33. The third kappa shape index (κ3) is 3.76. The number of pyridine rings is 1. The Morgan fingerprint density at radius 3 is 2.50 bits per heavy atom. The van der Waals surface area contributed by atoms with Gasteiger partial charge >= 0.3 is 0 Å². The number of nitrogens with zero attached hydrogens (tertiary/aromatic N) is 2. The van der Waals surface area contributed by atoms with E-state index in [9.17, 15) is 8.42 Å². The van der Waals surface area contributed by atoms with Crippen LogP contribution in [-0.4, -0.2) is 30.8 Å². The van der Waals surface area contributed by atoms with Crippen LogP contribution in [0, 0.1) is 0 Å². The van der Waals surface area contributed by atoms with Gasteiger partial charge in [-0.05, 0) is 25.0 Å². The van der Waals surface area contributed by atoms with Gasteiger partial charge in [0, 0.05) is 19.3 Å². The number of hydrogen-bond donors (Lipinski definition) is 1. The largest absolute Gasteiger partial charge is 0.279 e. The summed E-state index contributed by atoms with van der Waals surface area (Å²) in [6.07, 6.45) is 5.79. The van der Waals surface area contributed by atoms with E-state index in [0.717, 1.165) is 31.4 Å². The lowest BCUT2D eigenvalue weighted by Crippen LogP contribution is -2.41. The predicted octanol–water partition coefficient (Wildman–Crippen LogP) is 1.29. The third-order valence-electron chi connectivity index (χ3n) is 3.07. The van der Waals surface area contributed by atoms with E-state index in [-0.39, 0.29) is 6.54 Å². The summed E-state index contributed by atoms with van der Waals surface area (Å²) >= 11 is 0. The second-order valence-corrected chi connectivity index (χ2v) is 6.22. The molecular formula is C12H19N3O2S. The second-order valence-electron chi connectivity index (χ2n) is 4.46. The zero-order chi connectivity index (χ0) is 12.8. The summed E-state index contributed by atoms with van der Waals surface area (Å²) in [5.74, 6) is 0. The molecule has 0 aliphatic carbocycles. The van der Waals surface area contributed by atoms with E-state index in [4.69, 9.17) is 0 Å². The minimum atomic E-state index is -3.36. The summed E-state index contributed by atoms with van der Waals surface area (Å²) in [5, 5.41) is 0. The molecule has 1 saturated heterocycles. The fourth-order valence-electron chi connectivity index (χ4n) is 2.04. The monoisotopic (exact) mass is 269 g/mol. The van der Waals surface area contributed by atoms with Crippen molar-refractivity contribution in [1.29, 1.82) is 0 Å². The molecular weight excluding hydrogens is 250 g/mol. The van der Waals surface area contributed by atoms with Crippen molar-refractivity contribution in [3.8, 4) is 0 Å². The minimum absolute atomic E-state index is 0.250. The average Bonchev–Trinajstić information content (AvgIpc) is 2.67. The van der Waals surface area contributed by atoms with Gasteiger partial charge in [-0.2, -0.15) is 17.4 Å². The number of aromatic nitrogens is 1. The highest BCUT2D eigenvalue weighted by Crippen LogP contribution is 2.12. The number of hydrogen-bond acceptors (Lipinski definition) is 3. The van der Waals surface area contributed by atoms with Gasteiger partial charge in [-0.3, -0.25) is 4.98 Å². The van der Waals surface area contributed by atoms with Crippen LogP contribution in [0.5, 0.6) is 0 Å². The number of rotatable bonds is 4. The van der Waals surface area contributed by atoms with Crippen molar-refractivity contribution >= 4 is 10.2 Å². The molecule has 1 aliphatic heterocycles. The van der Waals surface area contributed by atoms with Crippen molar-refractivity contribution in [3.63, 3.8) is 0 Å². The molecule has 0 spiro atoms. The van der Waals surface area contributed by atoms with Crippen LogP contribution in [0.1, 0.15) is 31.4 Å². The van der Waals surface area contributed by atoms with Crippen molar-refractivity contribution in [1.82, 2.24) is 14.0 Å². The van der Waals surface area contributed by atoms with Gasteiger partial charge in [-0.15, -0.1) is 0 Å². The first-order chi connectivity index (χ1) is 8.68. The smallest absolute Gasteiger partial charge is 0.260 e. The molecule has 0 unspecified atom stereocenters. The molecule has 0 amide bonds. The Bertz CT molecular complexity index is 453. The van der Waals surface area contributed by atoms with Crippen LogP contribution in [0.15, 0.2) is 24.4 Å². The van der Waals surface area contributed by atoms with Crippen molar-refractivity contribution in [2.75, 3.05) is 13.1 Å². The maximum Gasteiger partial charge on any atom is 0.279 e. The van der Waals surface area contributed by atoms with Crippen molar-refractivity contribution in [2.24, 2.45) is 0 Å². The van der Waals surface area contributed by atoms with Crippen LogP contribution < -0.4 is 4.72 Å². The summed E-state index contributed by atoms with van der Waals surface area (Å²) in [6.45, 7) is 1.49. The van der Waals surface area contributed by atoms with E-state index >= 15 is 0 Å². The Kier molecular flexibility index (Phi) is 4.68. The molecule has 100 valence electrons. The Labute approximate surface area is 108 Å². The molecule has 2 rings (SSSR count). The highest BCUT2D eigenvalue weighted by molar-refractivity contribution is 7.87. The van der Waals surface area contributed by atoms with Gasteiger partial charge in [0.15, 0.2) is 0 Å². The Morgan fingerprint density at radius 2 is 1.89 bits per heavy atom. The number of nitrogens with one attached hydrogen (secondary N) is 1. The van der Waals surface area contributed by atoms with Crippen LogP contribution >= 0.6 is 0 Å². The first-order valence-corrected chi connectivity index (χ1v) is 7.77. The van der Waals surface area contributed by atoms with Crippen molar-refractivity contribution < 1.29 is 8.42 Å². The molecule has 1 aliphatic rings. The van der Waals surface area contributed by atoms with Crippen molar-refractivity contribution in [3.05, 3.63) is 30.1 Å². The zero-order valence-electron chi connectivity index (χ0n) is 10.4. The van der Waals surface area contributed by atoms with Crippen molar-refractivity contribution in [2.45, 2.75) is 32.2 Å². The van der Waals surface area contributed by atoms with E-state index in [0.29, 0.717) is 13.1 Å². The quantitative estimate of drug-likeness (QED) is 0.896. The molecule has 6 heteroatoms. The van der Waals surface area contributed by atoms with Gasteiger partial charge in [0.05, 0.1) is 12.2 Å². The Morgan fingerprint density at radius 1 is 1.17 bits per heavy atom. The van der Waals surface area contributed by atoms with Crippen LogP contribution in [-0.2, 0) is 16.8 Å². The summed E-state index contributed by atoms with van der Waals surface area (Å²) in [5.41, 5.74) is 0.732. The maximum absolute atomic E-state index is 12.1. The molecule has 0 radical (unpaired) electrons. The fraction of sp³-hybridized carbons (Fsp3) is 0.583. The summed E-state index contributed by atoms with van der Waals surface area (Å²) < 4.78 is 28.4. The van der Waals surface area contributed by atoms with Gasteiger partial charge in [0.1, 0.15) is 0 Å². The summed E-state index contributed by atoms with van der Waals surface area (Å²) in [7, 11) is -3.36. The summed E-state index contributed by atoms with van der Waals surface area (Å²) in [4.78, 5) is 4.10. The fourth-order valence-corrected chi connectivity index (χ4v) is 3.29. The lowest BCUT2D eigenvalue weighted by Gasteiger charge is -2.20. The van der Waals surface area contributed by atoms with Gasteiger partial charge < -0.3 is 0 Å². The molecule has 18 heavy (non-hydrogen) atoms. The molecule has 5 nitrogen and oxygen atoms in total. The zero-order valence-corrected chi connectivity index (χ0v) is 11.2. The molecule has 1 N–H and O–H groups in total. The molecule has 0 atom stereocenters. The third-order valence-corrected chi connectivity index (χ3v) is 4.62. The normalized spacial score (nSPS) is 18.4. The van der Waals surface area contributed by atoms with Crippen LogP contribution in [0.2, 0.25) is 0 Å². The molecule has 0 bridgehead atoms. The molecule has 0 aromatic carbocycles. The molecule has 1 aromatic heterocycles. The van der Waals surface area contributed by atoms with Crippen LogP contribution in [0.3, 0.4) is 0 Å². The van der Waals surface area contributed by atoms with Crippen LogP contribution in [0.4, 0.5) is 0 Å². The second kappa shape index (κ2) is 6.26. The van der Waals surface area contributed by atoms with E-state index in [1.165, 1.54) is 0 Å². The average molecular weight is 269 g/mol. The molecule has 1 fully saturated rings. The standard InChI is InChI=1S/C12H19N3O2S/c16-18(17,15-9-5-1-2-6-10-15)14-11-12-7-3-4-8-13-12/h3-4,7-8,14H,1-2,5-6,9-11H2. The van der Waals surface area contributed by atoms with Crippen LogP contribution in [0.25, 0.3) is 0 Å². The first kappa shape index (κ1) is 13.5. The highest BCUT2D eigenvalue weighted by Gasteiger charge is 2.22. The maximum atomic E-state index is 12.1. The van der Waals surface area contributed by atoms with E-state index < -0.39 is 10.2 Å².